The molecule has 8 rings (SSSR count). The Kier molecular flexibility index (Phi) is 11.5. The molecule has 320 valence electrons. The van der Waals surface area contributed by atoms with E-state index in [9.17, 15) is 19.2 Å². The number of nitrogens with zero attached hydrogens (tertiary/aromatic N) is 2. The standard InChI is InChI=1S/C46H68N4O8/c1-43-15-11-29(49-55-21-19-47)23-27(43)25-35(41-31-5-7-37(51)45(31,3)17-13-33(41)43)57-39(53)9-10-40(54)58-36-26-28-24-30(50-56-22-20-48)12-16-44(28,2)34-14-18-46(4)32(42(34)36)6-8-38(46)52/h9-10,27-28,31-36,41-42H,5-8,11-26,47-48H2,1-4H3/b10-9+,49-29?,50-30?/t27?,28?,31-,32-,33+,34+,35?,36?,41-,42-,43-,44-,45-,46-/m0/s1. The van der Waals surface area contributed by atoms with E-state index in [1.807, 2.05) is 0 Å². The van der Waals surface area contributed by atoms with Crippen LogP contribution in [0.25, 0.3) is 0 Å². The highest BCUT2D eigenvalue weighted by Gasteiger charge is 2.65. The molecule has 0 radical (unpaired) electrons. The van der Waals surface area contributed by atoms with Gasteiger partial charge in [0, 0.05) is 60.7 Å². The first kappa shape index (κ1) is 41.6. The van der Waals surface area contributed by atoms with Gasteiger partial charge in [0.25, 0.3) is 0 Å². The monoisotopic (exact) mass is 805 g/mol. The second-order valence-corrected chi connectivity index (χ2v) is 20.5. The molecule has 8 fully saturated rings. The average Bonchev–Trinajstić information content (AvgIpc) is 3.68. The van der Waals surface area contributed by atoms with Gasteiger partial charge in [0.1, 0.15) is 37.0 Å². The van der Waals surface area contributed by atoms with Crippen LogP contribution in [-0.2, 0) is 38.3 Å². The van der Waals surface area contributed by atoms with Crippen molar-refractivity contribution in [2.45, 2.75) is 143 Å². The summed E-state index contributed by atoms with van der Waals surface area (Å²) in [6, 6.07) is 0. The van der Waals surface area contributed by atoms with Gasteiger partial charge in [-0.15, -0.1) is 0 Å². The third-order valence-electron chi connectivity index (χ3n) is 18.1. The molecule has 58 heavy (non-hydrogen) atoms. The summed E-state index contributed by atoms with van der Waals surface area (Å²) in [5.41, 5.74) is 12.7. The van der Waals surface area contributed by atoms with Gasteiger partial charge in [0.05, 0.1) is 11.4 Å². The average molecular weight is 805 g/mol. The molecular weight excluding hydrogens is 737 g/mol. The quantitative estimate of drug-likeness (QED) is 0.107. The van der Waals surface area contributed by atoms with Crippen LogP contribution in [0.5, 0.6) is 0 Å². The summed E-state index contributed by atoms with van der Waals surface area (Å²) < 4.78 is 12.8. The number of hydrogen-bond donors (Lipinski definition) is 2. The van der Waals surface area contributed by atoms with Crippen LogP contribution < -0.4 is 11.5 Å². The predicted molar refractivity (Wildman–Crippen MR) is 218 cm³/mol. The van der Waals surface area contributed by atoms with Crippen LogP contribution in [0.1, 0.15) is 130 Å². The number of hydrogen-bond acceptors (Lipinski definition) is 12. The molecule has 12 nitrogen and oxygen atoms in total. The maximum Gasteiger partial charge on any atom is 0.331 e. The number of esters is 2. The van der Waals surface area contributed by atoms with Crippen LogP contribution in [0.2, 0.25) is 0 Å². The number of oxime groups is 2. The molecule has 8 aliphatic rings. The van der Waals surface area contributed by atoms with E-state index in [1.54, 1.807) is 0 Å². The van der Waals surface area contributed by atoms with Crippen molar-refractivity contribution in [1.29, 1.82) is 0 Å². The van der Waals surface area contributed by atoms with Crippen molar-refractivity contribution < 1.29 is 38.3 Å². The number of ether oxygens (including phenoxy) is 2. The number of fused-ring (bicyclic) bond motifs is 10. The van der Waals surface area contributed by atoms with Crippen molar-refractivity contribution in [3.63, 3.8) is 0 Å². The van der Waals surface area contributed by atoms with Crippen molar-refractivity contribution in [3.8, 4) is 0 Å². The van der Waals surface area contributed by atoms with Gasteiger partial charge in [0.15, 0.2) is 0 Å². The van der Waals surface area contributed by atoms with E-state index in [2.05, 4.69) is 38.0 Å². The van der Waals surface area contributed by atoms with Gasteiger partial charge >= 0.3 is 11.9 Å². The van der Waals surface area contributed by atoms with Gasteiger partial charge in [-0.1, -0.05) is 38.0 Å². The smallest absolute Gasteiger partial charge is 0.331 e. The molecule has 0 spiro atoms. The zero-order chi connectivity index (χ0) is 41.0. The zero-order valence-corrected chi connectivity index (χ0v) is 35.4. The van der Waals surface area contributed by atoms with E-state index in [4.69, 9.17) is 30.6 Å². The van der Waals surface area contributed by atoms with Crippen molar-refractivity contribution in [1.82, 2.24) is 0 Å². The van der Waals surface area contributed by atoms with Gasteiger partial charge in [-0.2, -0.15) is 0 Å². The summed E-state index contributed by atoms with van der Waals surface area (Å²) >= 11 is 0. The topological polar surface area (TPSA) is 182 Å². The lowest BCUT2D eigenvalue weighted by Gasteiger charge is -2.61. The van der Waals surface area contributed by atoms with E-state index >= 15 is 0 Å². The molecule has 0 aromatic heterocycles. The Morgan fingerprint density at radius 1 is 0.621 bits per heavy atom. The fraction of sp³-hybridized carbons (Fsp3) is 0.826. The summed E-state index contributed by atoms with van der Waals surface area (Å²) in [6.07, 6.45) is 14.8. The highest BCUT2D eigenvalue weighted by Crippen LogP contribution is 2.67. The summed E-state index contributed by atoms with van der Waals surface area (Å²) in [5, 5.41) is 8.88. The van der Waals surface area contributed by atoms with Crippen LogP contribution in [-0.4, -0.2) is 73.4 Å². The summed E-state index contributed by atoms with van der Waals surface area (Å²) in [4.78, 5) is 65.2. The van der Waals surface area contributed by atoms with Gasteiger partial charge < -0.3 is 30.6 Å². The third-order valence-corrected chi connectivity index (χ3v) is 18.1. The first-order valence-electron chi connectivity index (χ1n) is 22.7. The first-order chi connectivity index (χ1) is 27.7. The van der Waals surface area contributed by atoms with Crippen LogP contribution >= 0.6 is 0 Å². The van der Waals surface area contributed by atoms with Crippen LogP contribution in [0.4, 0.5) is 0 Å². The second-order valence-electron chi connectivity index (χ2n) is 20.5. The van der Waals surface area contributed by atoms with Crippen LogP contribution in [0.15, 0.2) is 22.5 Å². The predicted octanol–water partition coefficient (Wildman–Crippen LogP) is 6.47. The Hall–Kier alpha value is -3.12. The molecule has 8 saturated carbocycles. The molecule has 4 N–H and O–H groups in total. The SMILES string of the molecule is C[C@]12CCC(=NOCCN)CC1CC(OC(=O)/C=C/C(=O)OC1CC3CC(=NOCCN)CC[C@]3(C)[C@@H]3CC[C@]4(C)C(=O)CC[C@H]4[C@H]13)[C@@H]1[C@H]2CC[C@]2(C)C(=O)CC[C@@H]12. The lowest BCUT2D eigenvalue weighted by Crippen LogP contribution is -2.59. The van der Waals surface area contributed by atoms with E-state index in [1.165, 1.54) is 12.2 Å². The molecule has 8 aliphatic carbocycles. The normalized spacial score (nSPS) is 45.8. The van der Waals surface area contributed by atoms with Crippen molar-refractivity contribution in [3.05, 3.63) is 12.2 Å². The van der Waals surface area contributed by atoms with Crippen molar-refractivity contribution in [2.75, 3.05) is 26.3 Å². The largest absolute Gasteiger partial charge is 0.459 e. The van der Waals surface area contributed by atoms with Crippen molar-refractivity contribution in [2.24, 2.45) is 90.8 Å². The fourth-order valence-corrected chi connectivity index (χ4v) is 14.9. The zero-order valence-electron chi connectivity index (χ0n) is 35.4. The molecule has 0 bridgehead atoms. The molecule has 0 aliphatic heterocycles. The molecule has 0 heterocycles. The number of nitrogens with two attached hydrogens (primary N) is 2. The Bertz CT molecular complexity index is 1610. The molecule has 0 amide bonds. The van der Waals surface area contributed by atoms with Gasteiger partial charge in [0.2, 0.25) is 0 Å². The summed E-state index contributed by atoms with van der Waals surface area (Å²) in [6.45, 7) is 10.7. The Balaban J connectivity index is 0.998. The molecule has 0 saturated heterocycles. The third kappa shape index (κ3) is 7.07. The highest BCUT2D eigenvalue weighted by atomic mass is 16.6. The summed E-state index contributed by atoms with van der Waals surface area (Å²) in [7, 11) is 0. The molecule has 0 aromatic rings. The van der Waals surface area contributed by atoms with Crippen LogP contribution in [0.3, 0.4) is 0 Å². The van der Waals surface area contributed by atoms with Crippen LogP contribution in [0, 0.1) is 69.0 Å². The van der Waals surface area contributed by atoms with E-state index in [-0.39, 0.29) is 69.4 Å². The molecule has 12 heteroatoms. The number of carbonyl (C=O) groups excluding carboxylic acids is 4. The molecule has 14 atom stereocenters. The first-order valence-corrected chi connectivity index (χ1v) is 22.7. The van der Waals surface area contributed by atoms with Gasteiger partial charge in [-0.3, -0.25) is 9.59 Å². The van der Waals surface area contributed by atoms with E-state index < -0.39 is 11.9 Å². The second kappa shape index (κ2) is 16.1. The fourth-order valence-electron chi connectivity index (χ4n) is 14.9. The lowest BCUT2D eigenvalue weighted by atomic mass is 9.44. The minimum atomic E-state index is -0.553. The Morgan fingerprint density at radius 3 is 1.43 bits per heavy atom. The molecular formula is C46H68N4O8. The summed E-state index contributed by atoms with van der Waals surface area (Å²) in [5.74, 6) is 1.21. The van der Waals surface area contributed by atoms with Crippen molar-refractivity contribution >= 4 is 34.9 Å². The number of Topliss-reactive ketones (excluding diaryl/α,β-unsaturated/α-hetero) is 2. The number of ketones is 2. The van der Waals surface area contributed by atoms with E-state index in [0.29, 0.717) is 75.4 Å². The molecule has 4 unspecified atom stereocenters. The maximum absolute atomic E-state index is 13.8. The molecule has 0 aromatic carbocycles. The minimum Gasteiger partial charge on any atom is -0.459 e. The minimum absolute atomic E-state index is 0.0442. The number of carbonyl (C=O) groups is 4. The highest BCUT2D eigenvalue weighted by molar-refractivity contribution is 5.92. The number of rotatable bonds is 10. The lowest BCUT2D eigenvalue weighted by molar-refractivity contribution is -0.182. The van der Waals surface area contributed by atoms with Gasteiger partial charge in [-0.25, -0.2) is 9.59 Å². The Morgan fingerprint density at radius 2 is 1.03 bits per heavy atom. The maximum atomic E-state index is 13.8. The Labute approximate surface area is 344 Å². The van der Waals surface area contributed by atoms with Gasteiger partial charge in [-0.05, 0) is 136 Å². The van der Waals surface area contributed by atoms with E-state index in [0.717, 1.165) is 88.5 Å².